The van der Waals surface area contributed by atoms with Crippen LogP contribution in [0.5, 0.6) is 11.5 Å². The van der Waals surface area contributed by atoms with E-state index < -0.39 is 52.3 Å². The number of fused-ring (bicyclic) bond motifs is 1. The van der Waals surface area contributed by atoms with Gasteiger partial charge in [0.25, 0.3) is 0 Å². The SMILES string of the molecule is O=C(C[C@H]1CN(c2nc3nc(C4CC4)ncc3s2)CCN1S(=O)(=O)c1ccc(OC(F)(F)F)cc1)NCc1ccc(OC(F)F)cc1F. The number of sulfonamides is 1. The Morgan fingerprint density at radius 2 is 1.79 bits per heavy atom. The summed E-state index contributed by atoms with van der Waals surface area (Å²) >= 11 is 1.31. The highest BCUT2D eigenvalue weighted by molar-refractivity contribution is 7.89. The summed E-state index contributed by atoms with van der Waals surface area (Å²) in [5.41, 5.74) is 0.478. The number of benzene rings is 2. The van der Waals surface area contributed by atoms with Crippen LogP contribution >= 0.6 is 11.3 Å². The smallest absolute Gasteiger partial charge is 0.435 e. The number of piperazine rings is 1. The van der Waals surface area contributed by atoms with Crippen molar-refractivity contribution in [3.8, 4) is 11.5 Å². The molecule has 4 aromatic rings. The summed E-state index contributed by atoms with van der Waals surface area (Å²) in [7, 11) is -4.33. The molecule has 1 atom stereocenters. The molecule has 1 aliphatic carbocycles. The zero-order chi connectivity index (χ0) is 34.2. The minimum absolute atomic E-state index is 0.0126. The van der Waals surface area contributed by atoms with Crippen LogP contribution in [0.15, 0.2) is 53.6 Å². The predicted molar refractivity (Wildman–Crippen MR) is 160 cm³/mol. The van der Waals surface area contributed by atoms with Crippen LogP contribution in [0.4, 0.5) is 31.5 Å². The lowest BCUT2D eigenvalue weighted by atomic mass is 10.1. The molecular formula is C29H26F6N6O5S2. The lowest BCUT2D eigenvalue weighted by molar-refractivity contribution is -0.274. The van der Waals surface area contributed by atoms with Crippen molar-refractivity contribution in [2.75, 3.05) is 24.5 Å². The van der Waals surface area contributed by atoms with E-state index in [1.165, 1.54) is 17.4 Å². The van der Waals surface area contributed by atoms with Crippen molar-refractivity contribution >= 4 is 42.7 Å². The number of halogens is 6. The number of ether oxygens (including phenoxy) is 2. The summed E-state index contributed by atoms with van der Waals surface area (Å²) in [6, 6.07) is 5.77. The second kappa shape index (κ2) is 13.3. The third-order valence-electron chi connectivity index (χ3n) is 7.61. The molecule has 11 nitrogen and oxygen atoms in total. The van der Waals surface area contributed by atoms with Crippen molar-refractivity contribution in [2.45, 2.75) is 55.6 Å². The number of aromatic nitrogens is 3. The molecule has 2 fully saturated rings. The van der Waals surface area contributed by atoms with Crippen LogP contribution < -0.4 is 19.7 Å². The predicted octanol–water partition coefficient (Wildman–Crippen LogP) is 5.19. The van der Waals surface area contributed by atoms with Gasteiger partial charge in [0.2, 0.25) is 15.9 Å². The number of nitrogens with zero attached hydrogens (tertiary/aromatic N) is 5. The minimum atomic E-state index is -4.97. The van der Waals surface area contributed by atoms with E-state index in [1.807, 2.05) is 4.90 Å². The van der Waals surface area contributed by atoms with Gasteiger partial charge in [-0.3, -0.25) is 4.79 Å². The Hall–Kier alpha value is -4.23. The molecule has 1 N–H and O–H groups in total. The molecule has 0 bridgehead atoms. The van der Waals surface area contributed by atoms with Crippen LogP contribution in [0.25, 0.3) is 10.3 Å². The summed E-state index contributed by atoms with van der Waals surface area (Å²) in [5, 5.41) is 3.06. The topological polar surface area (TPSA) is 127 Å². The van der Waals surface area contributed by atoms with Gasteiger partial charge in [-0.1, -0.05) is 17.4 Å². The maximum atomic E-state index is 14.5. The van der Waals surface area contributed by atoms with Gasteiger partial charge in [-0.05, 0) is 43.2 Å². The molecule has 19 heteroatoms. The maximum absolute atomic E-state index is 14.5. The highest BCUT2D eigenvalue weighted by atomic mass is 32.2. The summed E-state index contributed by atoms with van der Waals surface area (Å²) in [4.78, 5) is 28.2. The molecule has 6 rings (SSSR count). The second-order valence-corrected chi connectivity index (χ2v) is 13.9. The van der Waals surface area contributed by atoms with Crippen LogP contribution in [-0.4, -0.2) is 72.2 Å². The third-order valence-corrected chi connectivity index (χ3v) is 10.6. The molecule has 1 aliphatic heterocycles. The number of carbonyl (C=O) groups is 1. The number of carbonyl (C=O) groups excluding carboxylic acids is 1. The van der Waals surface area contributed by atoms with Gasteiger partial charge in [-0.2, -0.15) is 18.1 Å². The molecule has 1 saturated carbocycles. The molecule has 2 aromatic carbocycles. The highest BCUT2D eigenvalue weighted by Gasteiger charge is 2.39. The normalized spacial score (nSPS) is 17.6. The average molecular weight is 717 g/mol. The van der Waals surface area contributed by atoms with Crippen LogP contribution in [0, 0.1) is 5.82 Å². The van der Waals surface area contributed by atoms with E-state index in [1.54, 1.807) is 6.20 Å². The van der Waals surface area contributed by atoms with Gasteiger partial charge < -0.3 is 19.7 Å². The number of hydrogen-bond donors (Lipinski definition) is 1. The van der Waals surface area contributed by atoms with Crippen molar-refractivity contribution in [1.82, 2.24) is 24.6 Å². The first-order valence-electron chi connectivity index (χ1n) is 14.5. The lowest BCUT2D eigenvalue weighted by Crippen LogP contribution is -2.56. The minimum Gasteiger partial charge on any atom is -0.435 e. The number of alkyl halides is 5. The largest absolute Gasteiger partial charge is 0.573 e. The maximum Gasteiger partial charge on any atom is 0.573 e. The Labute approximate surface area is 273 Å². The average Bonchev–Trinajstić information content (AvgIpc) is 3.78. The van der Waals surface area contributed by atoms with Crippen LogP contribution in [0.2, 0.25) is 0 Å². The summed E-state index contributed by atoms with van der Waals surface area (Å²) in [5.74, 6) is -1.53. The first-order valence-corrected chi connectivity index (χ1v) is 16.8. The molecule has 1 saturated heterocycles. The molecule has 1 amide bonds. The Balaban J connectivity index is 1.21. The van der Waals surface area contributed by atoms with Crippen molar-refractivity contribution in [1.29, 1.82) is 0 Å². The monoisotopic (exact) mass is 716 g/mol. The zero-order valence-electron chi connectivity index (χ0n) is 24.7. The van der Waals surface area contributed by atoms with Crippen molar-refractivity contribution < 1.29 is 49.0 Å². The number of amides is 1. The van der Waals surface area contributed by atoms with E-state index >= 15 is 0 Å². The number of nitrogens with one attached hydrogen (secondary N) is 1. The van der Waals surface area contributed by atoms with E-state index in [9.17, 15) is 39.6 Å². The van der Waals surface area contributed by atoms with Crippen LogP contribution in [-0.2, 0) is 21.4 Å². The van der Waals surface area contributed by atoms with Crippen molar-refractivity contribution in [3.05, 3.63) is 65.9 Å². The third kappa shape index (κ3) is 7.90. The van der Waals surface area contributed by atoms with Gasteiger partial charge in [0.15, 0.2) is 10.8 Å². The highest BCUT2D eigenvalue weighted by Crippen LogP contribution is 2.39. The fourth-order valence-electron chi connectivity index (χ4n) is 5.18. The fourth-order valence-corrected chi connectivity index (χ4v) is 7.70. The van der Waals surface area contributed by atoms with Gasteiger partial charge in [-0.25, -0.2) is 22.8 Å². The summed E-state index contributed by atoms with van der Waals surface area (Å²) in [6.45, 7) is -3.39. The van der Waals surface area contributed by atoms with Gasteiger partial charge in [0.05, 0.1) is 21.8 Å². The van der Waals surface area contributed by atoms with Crippen molar-refractivity contribution in [3.63, 3.8) is 0 Å². The first-order chi connectivity index (χ1) is 22.7. The van der Waals surface area contributed by atoms with Crippen molar-refractivity contribution in [2.24, 2.45) is 0 Å². The van der Waals surface area contributed by atoms with Crippen LogP contribution in [0.1, 0.15) is 36.6 Å². The molecule has 2 aliphatic rings. The Bertz CT molecular complexity index is 1910. The second-order valence-electron chi connectivity index (χ2n) is 11.0. The molecule has 0 spiro atoms. The molecule has 3 heterocycles. The quantitative estimate of drug-likeness (QED) is 0.209. The summed E-state index contributed by atoms with van der Waals surface area (Å²) < 4.78 is 115. The molecule has 2 aromatic heterocycles. The standard InChI is InChI=1S/C29H26F6N6O5S2/c30-22-12-20(45-27(31)32)4-3-17(22)13-36-24(42)11-18-15-40(28-39-26-23(47-28)14-37-25(38-26)16-1-2-16)9-10-41(18)48(43,44)21-7-5-19(6-8-21)46-29(33,34)35/h3-8,12,14,16,18,27H,1-2,9-11,13,15H2,(H,36,42)/t18-/m0/s1. The summed E-state index contributed by atoms with van der Waals surface area (Å²) in [6.07, 6.45) is -1.64. The molecule has 256 valence electrons. The Morgan fingerprint density at radius 1 is 1.06 bits per heavy atom. The van der Waals surface area contributed by atoms with E-state index in [0.717, 1.165) is 58.2 Å². The molecule has 0 unspecified atom stereocenters. The van der Waals surface area contributed by atoms with Gasteiger partial charge >= 0.3 is 13.0 Å². The number of hydrogen-bond acceptors (Lipinski definition) is 10. The Morgan fingerprint density at radius 3 is 2.46 bits per heavy atom. The van der Waals surface area contributed by atoms with E-state index in [2.05, 4.69) is 29.7 Å². The van der Waals surface area contributed by atoms with E-state index in [-0.39, 0.29) is 43.1 Å². The zero-order valence-corrected chi connectivity index (χ0v) is 26.3. The molecular weight excluding hydrogens is 690 g/mol. The molecule has 0 radical (unpaired) electrons. The van der Waals surface area contributed by atoms with E-state index in [0.29, 0.717) is 22.5 Å². The fraction of sp³-hybridized carbons (Fsp3) is 0.379. The number of anilines is 1. The van der Waals surface area contributed by atoms with Crippen LogP contribution in [0.3, 0.4) is 0 Å². The Kier molecular flexibility index (Phi) is 9.36. The van der Waals surface area contributed by atoms with Gasteiger partial charge in [0, 0.05) is 50.1 Å². The first kappa shape index (κ1) is 33.7. The van der Waals surface area contributed by atoms with E-state index in [4.69, 9.17) is 0 Å². The van der Waals surface area contributed by atoms with Gasteiger partial charge in [-0.15, -0.1) is 13.2 Å². The lowest BCUT2D eigenvalue weighted by Gasteiger charge is -2.40. The molecule has 48 heavy (non-hydrogen) atoms. The van der Waals surface area contributed by atoms with Gasteiger partial charge in [0.1, 0.15) is 23.1 Å². The number of rotatable bonds is 11. The number of thiazole rings is 1.